The van der Waals surface area contributed by atoms with Gasteiger partial charge in [-0.15, -0.1) is 11.3 Å². The number of carboxylic acids is 1. The van der Waals surface area contributed by atoms with Crippen LogP contribution in [0.4, 0.5) is 16.5 Å². The molecule has 0 aliphatic carbocycles. The van der Waals surface area contributed by atoms with E-state index in [2.05, 4.69) is 10.3 Å². The number of benzene rings is 2. The number of aromatic carboxylic acids is 1. The Labute approximate surface area is 165 Å². The highest BCUT2D eigenvalue weighted by Gasteiger charge is 2.24. The molecular weight excluding hydrogens is 378 g/mol. The summed E-state index contributed by atoms with van der Waals surface area (Å²) in [4.78, 5) is 29.4. The smallest absolute Gasteiger partial charge is 0.335 e. The number of fused-ring (bicyclic) bond motifs is 1. The van der Waals surface area contributed by atoms with Gasteiger partial charge in [0, 0.05) is 23.2 Å². The molecule has 2 heterocycles. The van der Waals surface area contributed by atoms with Crippen molar-refractivity contribution in [1.29, 1.82) is 0 Å². The number of carbonyl (C=O) groups excluding carboxylic acids is 1. The summed E-state index contributed by atoms with van der Waals surface area (Å²) in [7, 11) is 0. The highest BCUT2D eigenvalue weighted by Crippen LogP contribution is 2.37. The van der Waals surface area contributed by atoms with Crippen LogP contribution in [0.15, 0.2) is 47.8 Å². The molecule has 2 N–H and O–H groups in total. The van der Waals surface area contributed by atoms with E-state index in [0.29, 0.717) is 23.1 Å². The number of anilines is 3. The number of likely N-dealkylation sites (N-methyl/N-ethyl adjacent to an activating group) is 1. The standard InChI is InChI=1S/C20H17N3O4S/c1-2-23-16-9-12(6-7-17(16)27-10-18(23)24)15-11-28-20(22-15)21-14-5-3-4-13(8-14)19(25)26/h3-9,11H,2,10H2,1H3,(H,21,22)(H,25,26). The predicted molar refractivity (Wildman–Crippen MR) is 108 cm³/mol. The topological polar surface area (TPSA) is 91.8 Å². The van der Waals surface area contributed by atoms with Crippen LogP contribution in [0, 0.1) is 0 Å². The van der Waals surface area contributed by atoms with E-state index in [1.807, 2.05) is 30.5 Å². The fourth-order valence-electron chi connectivity index (χ4n) is 3.03. The molecule has 1 amide bonds. The van der Waals surface area contributed by atoms with Crippen molar-refractivity contribution >= 4 is 39.7 Å². The summed E-state index contributed by atoms with van der Waals surface area (Å²) < 4.78 is 5.50. The summed E-state index contributed by atoms with van der Waals surface area (Å²) >= 11 is 1.42. The first kappa shape index (κ1) is 18.0. The Morgan fingerprint density at radius 1 is 1.32 bits per heavy atom. The van der Waals surface area contributed by atoms with Crippen LogP contribution in [0.25, 0.3) is 11.3 Å². The van der Waals surface area contributed by atoms with Gasteiger partial charge in [-0.2, -0.15) is 0 Å². The van der Waals surface area contributed by atoms with Crippen LogP contribution in [0.3, 0.4) is 0 Å². The van der Waals surface area contributed by atoms with Crippen molar-refractivity contribution in [3.8, 4) is 17.0 Å². The summed E-state index contributed by atoms with van der Waals surface area (Å²) in [5.41, 5.74) is 3.24. The zero-order chi connectivity index (χ0) is 19.7. The largest absolute Gasteiger partial charge is 0.482 e. The predicted octanol–water partition coefficient (Wildman–Crippen LogP) is 4.00. The van der Waals surface area contributed by atoms with E-state index in [1.54, 1.807) is 23.1 Å². The quantitative estimate of drug-likeness (QED) is 0.679. The Morgan fingerprint density at radius 3 is 2.96 bits per heavy atom. The SMILES string of the molecule is CCN1C(=O)COc2ccc(-c3csc(Nc4cccc(C(=O)O)c4)n3)cc21. The van der Waals surface area contributed by atoms with Crippen molar-refractivity contribution in [3.63, 3.8) is 0 Å². The monoisotopic (exact) mass is 395 g/mol. The molecule has 0 atom stereocenters. The number of carboxylic acid groups (broad SMARTS) is 1. The van der Waals surface area contributed by atoms with E-state index < -0.39 is 5.97 Å². The van der Waals surface area contributed by atoms with Gasteiger partial charge in [0.15, 0.2) is 11.7 Å². The highest BCUT2D eigenvalue weighted by molar-refractivity contribution is 7.14. The molecule has 1 aliphatic rings. The van der Waals surface area contributed by atoms with Crippen molar-refractivity contribution in [2.45, 2.75) is 6.92 Å². The second kappa shape index (κ2) is 7.32. The lowest BCUT2D eigenvalue weighted by Gasteiger charge is -2.28. The fourth-order valence-corrected chi connectivity index (χ4v) is 3.77. The minimum Gasteiger partial charge on any atom is -0.482 e. The van der Waals surface area contributed by atoms with Crippen molar-refractivity contribution < 1.29 is 19.4 Å². The Hall–Kier alpha value is -3.39. The zero-order valence-corrected chi connectivity index (χ0v) is 15.8. The normalized spacial score (nSPS) is 13.0. The van der Waals surface area contributed by atoms with Gasteiger partial charge < -0.3 is 20.1 Å². The second-order valence-electron chi connectivity index (χ2n) is 6.16. The number of nitrogens with zero attached hydrogens (tertiary/aromatic N) is 2. The van der Waals surface area contributed by atoms with Crippen LogP contribution in [0.5, 0.6) is 5.75 Å². The Morgan fingerprint density at radius 2 is 2.18 bits per heavy atom. The second-order valence-corrected chi connectivity index (χ2v) is 7.02. The van der Waals surface area contributed by atoms with Gasteiger partial charge in [-0.25, -0.2) is 9.78 Å². The number of thiazole rings is 1. The average molecular weight is 395 g/mol. The van der Waals surface area contributed by atoms with Crippen LogP contribution in [0.1, 0.15) is 17.3 Å². The molecule has 1 aliphatic heterocycles. The maximum atomic E-state index is 12.1. The molecule has 0 fully saturated rings. The summed E-state index contributed by atoms with van der Waals surface area (Å²) in [6.45, 7) is 2.55. The van der Waals surface area contributed by atoms with E-state index in [0.717, 1.165) is 16.9 Å². The maximum absolute atomic E-state index is 12.1. The van der Waals surface area contributed by atoms with Gasteiger partial charge in [0.2, 0.25) is 0 Å². The molecule has 0 saturated heterocycles. The van der Waals surface area contributed by atoms with Gasteiger partial charge in [0.05, 0.1) is 16.9 Å². The van der Waals surface area contributed by atoms with Crippen LogP contribution >= 0.6 is 11.3 Å². The summed E-state index contributed by atoms with van der Waals surface area (Å²) in [6, 6.07) is 12.2. The van der Waals surface area contributed by atoms with Crippen molar-refractivity contribution in [2.24, 2.45) is 0 Å². The molecule has 0 spiro atoms. The summed E-state index contributed by atoms with van der Waals surface area (Å²) in [5.74, 6) is -0.356. The van der Waals surface area contributed by atoms with Gasteiger partial charge in [0.1, 0.15) is 5.75 Å². The van der Waals surface area contributed by atoms with E-state index in [1.165, 1.54) is 17.4 Å². The third kappa shape index (κ3) is 3.41. The number of hydrogen-bond acceptors (Lipinski definition) is 6. The van der Waals surface area contributed by atoms with E-state index in [9.17, 15) is 9.59 Å². The summed E-state index contributed by atoms with van der Waals surface area (Å²) in [6.07, 6.45) is 0. The van der Waals surface area contributed by atoms with Crippen LogP contribution in [-0.2, 0) is 4.79 Å². The van der Waals surface area contributed by atoms with Crippen molar-refractivity contribution in [3.05, 3.63) is 53.4 Å². The minimum absolute atomic E-state index is 0.0559. The molecule has 0 unspecified atom stereocenters. The molecule has 142 valence electrons. The Kier molecular flexibility index (Phi) is 4.70. The average Bonchev–Trinajstić information content (AvgIpc) is 3.16. The molecule has 7 nitrogen and oxygen atoms in total. The highest BCUT2D eigenvalue weighted by atomic mass is 32.1. The first-order valence-corrected chi connectivity index (χ1v) is 9.56. The molecule has 0 bridgehead atoms. The number of aromatic nitrogens is 1. The fraction of sp³-hybridized carbons (Fsp3) is 0.150. The number of hydrogen-bond donors (Lipinski definition) is 2. The molecule has 28 heavy (non-hydrogen) atoms. The van der Waals surface area contributed by atoms with Gasteiger partial charge >= 0.3 is 5.97 Å². The first-order chi connectivity index (χ1) is 13.5. The molecule has 2 aromatic carbocycles. The zero-order valence-electron chi connectivity index (χ0n) is 15.0. The van der Waals surface area contributed by atoms with Gasteiger partial charge in [-0.1, -0.05) is 6.07 Å². The maximum Gasteiger partial charge on any atom is 0.335 e. The van der Waals surface area contributed by atoms with Crippen LogP contribution < -0.4 is 15.0 Å². The van der Waals surface area contributed by atoms with Gasteiger partial charge in [0.25, 0.3) is 5.91 Å². The first-order valence-electron chi connectivity index (χ1n) is 8.68. The van der Waals surface area contributed by atoms with Crippen LogP contribution in [0.2, 0.25) is 0 Å². The third-order valence-corrected chi connectivity index (χ3v) is 5.14. The lowest BCUT2D eigenvalue weighted by Crippen LogP contribution is -2.38. The lowest BCUT2D eigenvalue weighted by molar-refractivity contribution is -0.121. The molecule has 3 aromatic rings. The lowest BCUT2D eigenvalue weighted by atomic mass is 10.1. The molecule has 8 heteroatoms. The van der Waals surface area contributed by atoms with Gasteiger partial charge in [-0.3, -0.25) is 4.79 Å². The molecule has 0 saturated carbocycles. The Balaban J connectivity index is 1.60. The number of carbonyl (C=O) groups is 2. The number of ether oxygens (including phenoxy) is 1. The third-order valence-electron chi connectivity index (χ3n) is 4.38. The van der Waals surface area contributed by atoms with Crippen LogP contribution in [-0.4, -0.2) is 35.1 Å². The molecule has 0 radical (unpaired) electrons. The van der Waals surface area contributed by atoms with E-state index in [4.69, 9.17) is 9.84 Å². The minimum atomic E-state index is -0.977. The summed E-state index contributed by atoms with van der Waals surface area (Å²) in [5, 5.41) is 14.8. The number of amides is 1. The van der Waals surface area contributed by atoms with Crippen molar-refractivity contribution in [2.75, 3.05) is 23.4 Å². The Bertz CT molecular complexity index is 1060. The van der Waals surface area contributed by atoms with E-state index >= 15 is 0 Å². The van der Waals surface area contributed by atoms with Gasteiger partial charge in [-0.05, 0) is 43.3 Å². The molecule has 4 rings (SSSR count). The number of rotatable bonds is 5. The molecular formula is C20H17N3O4S. The van der Waals surface area contributed by atoms with Crippen molar-refractivity contribution in [1.82, 2.24) is 4.98 Å². The van der Waals surface area contributed by atoms with E-state index in [-0.39, 0.29) is 18.1 Å². The molecule has 1 aromatic heterocycles. The number of nitrogens with one attached hydrogen (secondary N) is 1.